The Balaban J connectivity index is 1.68. The molecule has 1 aliphatic heterocycles. The molecule has 0 aromatic heterocycles. The number of non-ortho nitro benzene ring substituents is 1. The van der Waals surface area contributed by atoms with Crippen LogP contribution in [0.25, 0.3) is 0 Å². The highest BCUT2D eigenvalue weighted by atomic mass is 35.5. The molecule has 10 heteroatoms. The lowest BCUT2D eigenvalue weighted by Gasteiger charge is -2.30. The highest BCUT2D eigenvalue weighted by molar-refractivity contribution is 6.30. The molecule has 0 saturated carbocycles. The van der Waals surface area contributed by atoms with Crippen LogP contribution in [0.4, 0.5) is 5.69 Å². The third kappa shape index (κ3) is 4.22. The molecule has 0 bridgehead atoms. The molecule has 0 spiro atoms. The summed E-state index contributed by atoms with van der Waals surface area (Å²) in [4.78, 5) is 63.3. The lowest BCUT2D eigenvalue weighted by Crippen LogP contribution is -2.52. The SMILES string of the molecule is C[C@@H]1C=CC[C@H]2C(=O)N(N(CC(=O)c3ccc([N+](=O)[O-])cc3)C(=O)c3ccc(Cl)cc3)C(=O)[C@H]12. The van der Waals surface area contributed by atoms with Crippen LogP contribution in [-0.2, 0) is 9.59 Å². The van der Waals surface area contributed by atoms with Gasteiger partial charge in [-0.2, -0.15) is 5.01 Å². The zero-order chi connectivity index (χ0) is 24.6. The summed E-state index contributed by atoms with van der Waals surface area (Å²) in [5.74, 6) is -3.80. The monoisotopic (exact) mass is 481 g/mol. The molecule has 2 aromatic carbocycles. The summed E-state index contributed by atoms with van der Waals surface area (Å²) < 4.78 is 0. The number of carbonyl (C=O) groups is 4. The highest BCUT2D eigenvalue weighted by Gasteiger charge is 2.53. The molecule has 1 heterocycles. The molecular weight excluding hydrogens is 462 g/mol. The van der Waals surface area contributed by atoms with Crippen LogP contribution in [0.3, 0.4) is 0 Å². The van der Waals surface area contributed by atoms with E-state index < -0.39 is 46.8 Å². The zero-order valence-corrected chi connectivity index (χ0v) is 18.8. The Morgan fingerprint density at radius 2 is 1.68 bits per heavy atom. The maximum absolute atomic E-state index is 13.4. The maximum Gasteiger partial charge on any atom is 0.273 e. The lowest BCUT2D eigenvalue weighted by molar-refractivity contribution is -0.384. The van der Waals surface area contributed by atoms with Gasteiger partial charge in [-0.1, -0.05) is 30.7 Å². The maximum atomic E-state index is 13.4. The number of ketones is 1. The molecule has 3 amide bonds. The van der Waals surface area contributed by atoms with Crippen molar-refractivity contribution in [2.45, 2.75) is 13.3 Å². The van der Waals surface area contributed by atoms with Crippen molar-refractivity contribution in [2.75, 3.05) is 6.54 Å². The summed E-state index contributed by atoms with van der Waals surface area (Å²) in [5.41, 5.74) is 0.0507. The molecule has 0 N–H and O–H groups in total. The van der Waals surface area contributed by atoms with Gasteiger partial charge in [-0.15, -0.1) is 0 Å². The van der Waals surface area contributed by atoms with Crippen molar-refractivity contribution in [1.82, 2.24) is 10.0 Å². The number of hydrogen-bond donors (Lipinski definition) is 0. The zero-order valence-electron chi connectivity index (χ0n) is 18.1. The van der Waals surface area contributed by atoms with Crippen molar-refractivity contribution >= 4 is 40.8 Å². The molecule has 3 atom stereocenters. The second-order valence-electron chi connectivity index (χ2n) is 8.24. The molecule has 2 aliphatic rings. The summed E-state index contributed by atoms with van der Waals surface area (Å²) in [7, 11) is 0. The van der Waals surface area contributed by atoms with Crippen LogP contribution in [0.5, 0.6) is 0 Å². The van der Waals surface area contributed by atoms with Crippen molar-refractivity contribution in [3.63, 3.8) is 0 Å². The number of nitro benzene ring substituents is 1. The first kappa shape index (κ1) is 23.3. The largest absolute Gasteiger partial charge is 0.292 e. The Morgan fingerprint density at radius 1 is 1.06 bits per heavy atom. The van der Waals surface area contributed by atoms with Gasteiger partial charge in [-0.3, -0.25) is 29.3 Å². The number of amides is 3. The van der Waals surface area contributed by atoms with Crippen molar-refractivity contribution in [3.05, 3.63) is 86.9 Å². The van der Waals surface area contributed by atoms with Gasteiger partial charge in [0.1, 0.15) is 6.54 Å². The third-order valence-corrected chi connectivity index (χ3v) is 6.36. The van der Waals surface area contributed by atoms with E-state index in [-0.39, 0.29) is 22.7 Å². The number of nitrogens with zero attached hydrogens (tertiary/aromatic N) is 3. The number of allylic oxidation sites excluding steroid dienone is 2. The fourth-order valence-corrected chi connectivity index (χ4v) is 4.47. The van der Waals surface area contributed by atoms with E-state index >= 15 is 0 Å². The lowest BCUT2D eigenvalue weighted by atomic mass is 9.78. The van der Waals surface area contributed by atoms with Gasteiger partial charge >= 0.3 is 0 Å². The normalized spacial score (nSPS) is 21.4. The van der Waals surface area contributed by atoms with Gasteiger partial charge in [0.25, 0.3) is 23.4 Å². The Hall–Kier alpha value is -3.85. The first-order chi connectivity index (χ1) is 16.2. The van der Waals surface area contributed by atoms with Gasteiger partial charge in [-0.25, -0.2) is 5.01 Å². The number of rotatable bonds is 6. The van der Waals surface area contributed by atoms with E-state index in [9.17, 15) is 29.3 Å². The van der Waals surface area contributed by atoms with Crippen LogP contribution in [0.1, 0.15) is 34.1 Å². The number of hydrogen-bond acceptors (Lipinski definition) is 6. The van der Waals surface area contributed by atoms with E-state index in [0.717, 1.165) is 10.0 Å². The number of imide groups is 1. The van der Waals surface area contributed by atoms with Gasteiger partial charge in [0.2, 0.25) is 0 Å². The van der Waals surface area contributed by atoms with Gasteiger partial charge in [-0.05, 0) is 48.7 Å². The molecule has 1 saturated heterocycles. The number of halogens is 1. The topological polar surface area (TPSA) is 118 Å². The molecule has 0 unspecified atom stereocenters. The van der Waals surface area contributed by atoms with Crippen molar-refractivity contribution in [3.8, 4) is 0 Å². The van der Waals surface area contributed by atoms with E-state index in [0.29, 0.717) is 11.4 Å². The van der Waals surface area contributed by atoms with Crippen LogP contribution in [0, 0.1) is 27.9 Å². The molecular formula is C24H20ClN3O6. The second kappa shape index (κ2) is 9.18. The number of hydrazine groups is 1. The number of fused-ring (bicyclic) bond motifs is 1. The number of carbonyl (C=O) groups excluding carboxylic acids is 4. The van der Waals surface area contributed by atoms with Gasteiger partial charge in [0, 0.05) is 28.3 Å². The second-order valence-corrected chi connectivity index (χ2v) is 8.68. The van der Waals surface area contributed by atoms with Crippen molar-refractivity contribution in [1.29, 1.82) is 0 Å². The fraction of sp³-hybridized carbons (Fsp3) is 0.250. The van der Waals surface area contributed by atoms with Crippen LogP contribution in [0.15, 0.2) is 60.7 Å². The van der Waals surface area contributed by atoms with E-state index in [4.69, 9.17) is 11.6 Å². The predicted molar refractivity (Wildman–Crippen MR) is 122 cm³/mol. The molecule has 4 rings (SSSR count). The first-order valence-electron chi connectivity index (χ1n) is 10.6. The molecule has 34 heavy (non-hydrogen) atoms. The minimum atomic E-state index is -0.715. The van der Waals surface area contributed by atoms with Crippen LogP contribution >= 0.6 is 11.6 Å². The van der Waals surface area contributed by atoms with Crippen molar-refractivity contribution in [2.24, 2.45) is 17.8 Å². The van der Waals surface area contributed by atoms with Gasteiger partial charge in [0.15, 0.2) is 5.78 Å². The fourth-order valence-electron chi connectivity index (χ4n) is 4.34. The van der Waals surface area contributed by atoms with Crippen LogP contribution < -0.4 is 0 Å². The van der Waals surface area contributed by atoms with E-state index in [1.165, 1.54) is 48.5 Å². The summed E-state index contributed by atoms with van der Waals surface area (Å²) >= 11 is 5.91. The number of Topliss-reactive ketones (excluding diaryl/α,β-unsaturated/α-hetero) is 1. The van der Waals surface area contributed by atoms with E-state index in [2.05, 4.69) is 0 Å². The molecule has 1 aliphatic carbocycles. The van der Waals surface area contributed by atoms with Gasteiger partial charge in [0.05, 0.1) is 16.8 Å². The predicted octanol–water partition coefficient (Wildman–Crippen LogP) is 3.69. The Morgan fingerprint density at radius 3 is 2.26 bits per heavy atom. The van der Waals surface area contributed by atoms with Crippen molar-refractivity contribution < 1.29 is 24.1 Å². The Bertz CT molecular complexity index is 1210. The molecule has 174 valence electrons. The Labute approximate surface area is 199 Å². The van der Waals surface area contributed by atoms with Crippen LogP contribution in [-0.4, -0.2) is 45.0 Å². The highest BCUT2D eigenvalue weighted by Crippen LogP contribution is 2.39. The number of benzene rings is 2. The van der Waals surface area contributed by atoms with E-state index in [1.807, 2.05) is 19.1 Å². The average molecular weight is 482 g/mol. The van der Waals surface area contributed by atoms with Crippen LogP contribution in [0.2, 0.25) is 5.02 Å². The molecule has 2 aromatic rings. The summed E-state index contributed by atoms with van der Waals surface area (Å²) in [5, 5.41) is 12.9. The van der Waals surface area contributed by atoms with E-state index in [1.54, 1.807) is 0 Å². The minimum Gasteiger partial charge on any atom is -0.292 e. The van der Waals surface area contributed by atoms with Gasteiger partial charge < -0.3 is 0 Å². The molecule has 1 fully saturated rings. The molecule has 9 nitrogen and oxygen atoms in total. The molecule has 0 radical (unpaired) electrons. The standard InChI is InChI=1S/C24H20ClN3O6/c1-14-3-2-4-19-21(14)24(32)27(23(19)31)26(22(30)16-5-9-17(25)10-6-16)13-20(29)15-7-11-18(12-8-15)28(33)34/h2-3,5-12,14,19,21H,4,13H2,1H3/t14-,19-,21-/m1/s1. The third-order valence-electron chi connectivity index (χ3n) is 6.11. The summed E-state index contributed by atoms with van der Waals surface area (Å²) in [6.45, 7) is 1.23. The summed E-state index contributed by atoms with van der Waals surface area (Å²) in [6.07, 6.45) is 4.08. The first-order valence-corrected chi connectivity index (χ1v) is 11.0. The minimum absolute atomic E-state index is 0.103. The summed E-state index contributed by atoms with van der Waals surface area (Å²) in [6, 6.07) is 10.7. The Kier molecular flexibility index (Phi) is 6.30. The number of nitro groups is 1. The smallest absolute Gasteiger partial charge is 0.273 e. The average Bonchev–Trinajstić information content (AvgIpc) is 3.08. The quantitative estimate of drug-likeness (QED) is 0.204.